The Kier molecular flexibility index (Phi) is 4.39. The molecule has 4 aliphatic rings. The lowest BCUT2D eigenvalue weighted by Gasteiger charge is -2.55. The smallest absolute Gasteiger partial charge is 0.0264 e. The van der Waals surface area contributed by atoms with Gasteiger partial charge in [-0.25, -0.2) is 0 Å². The third kappa shape index (κ3) is 2.54. The summed E-state index contributed by atoms with van der Waals surface area (Å²) in [5.41, 5.74) is 0.688. The summed E-state index contributed by atoms with van der Waals surface area (Å²) in [6.45, 7) is 7.65. The molecule has 4 rings (SSSR count). The van der Waals surface area contributed by atoms with E-state index in [2.05, 4.69) is 32.9 Å². The minimum absolute atomic E-state index is 0.688. The van der Waals surface area contributed by atoms with Gasteiger partial charge in [-0.2, -0.15) is 0 Å². The molecule has 8 atom stereocenters. The molecule has 0 heteroatoms. The fourth-order valence-corrected chi connectivity index (χ4v) is 8.05. The molecular weight excluding hydrogens is 276 g/mol. The molecule has 0 saturated heterocycles. The summed E-state index contributed by atoms with van der Waals surface area (Å²) in [5, 5.41) is 0. The molecule has 3 fully saturated rings. The van der Waals surface area contributed by atoms with E-state index in [9.17, 15) is 0 Å². The summed E-state index contributed by atoms with van der Waals surface area (Å²) in [6.07, 6.45) is 19.9. The van der Waals surface area contributed by atoms with Crippen LogP contribution in [0.2, 0.25) is 0 Å². The maximum atomic E-state index is 2.71. The van der Waals surface area contributed by atoms with Crippen LogP contribution in [0, 0.1) is 46.8 Å². The van der Waals surface area contributed by atoms with Crippen molar-refractivity contribution < 1.29 is 0 Å². The maximum absolute atomic E-state index is 2.71. The van der Waals surface area contributed by atoms with Crippen molar-refractivity contribution in [2.75, 3.05) is 0 Å². The third-order valence-corrected chi connectivity index (χ3v) is 9.04. The predicted molar refractivity (Wildman–Crippen MR) is 99.2 cm³/mol. The van der Waals surface area contributed by atoms with Gasteiger partial charge in [0.05, 0.1) is 0 Å². The van der Waals surface area contributed by atoms with E-state index in [-0.39, 0.29) is 0 Å². The molecule has 1 unspecified atom stereocenters. The second kappa shape index (κ2) is 6.23. The minimum atomic E-state index is 0.688. The van der Waals surface area contributed by atoms with Gasteiger partial charge >= 0.3 is 0 Å². The number of hydrogen-bond acceptors (Lipinski definition) is 0. The van der Waals surface area contributed by atoms with Gasteiger partial charge in [-0.3, -0.25) is 0 Å². The Bertz CT molecular complexity index is 449. The number of hydrogen-bond donors (Lipinski definition) is 0. The van der Waals surface area contributed by atoms with Crippen molar-refractivity contribution in [2.45, 2.75) is 85.0 Å². The summed E-state index contributed by atoms with van der Waals surface area (Å²) in [6, 6.07) is 0. The highest BCUT2D eigenvalue weighted by Crippen LogP contribution is 2.65. The van der Waals surface area contributed by atoms with Gasteiger partial charge in [-0.15, -0.1) is 0 Å². The zero-order valence-electron chi connectivity index (χ0n) is 15.8. The molecular formula is C23H38. The second-order valence-electron chi connectivity index (χ2n) is 9.87. The van der Waals surface area contributed by atoms with Gasteiger partial charge in [0, 0.05) is 0 Å². The van der Waals surface area contributed by atoms with E-state index in [1.54, 1.807) is 32.1 Å². The normalized spacial score (nSPS) is 50.0. The molecule has 0 nitrogen and oxygen atoms in total. The highest BCUT2D eigenvalue weighted by atomic mass is 14.6. The Morgan fingerprint density at radius 2 is 1.78 bits per heavy atom. The van der Waals surface area contributed by atoms with Crippen LogP contribution in [-0.4, -0.2) is 0 Å². The summed E-state index contributed by atoms with van der Waals surface area (Å²) in [4.78, 5) is 0. The summed E-state index contributed by atoms with van der Waals surface area (Å²) < 4.78 is 0. The molecule has 0 amide bonds. The summed E-state index contributed by atoms with van der Waals surface area (Å²) in [7, 11) is 0. The zero-order chi connectivity index (χ0) is 16.0. The molecule has 0 heterocycles. The molecule has 0 N–H and O–H groups in total. The topological polar surface area (TPSA) is 0 Å². The van der Waals surface area contributed by atoms with Crippen molar-refractivity contribution in [3.8, 4) is 0 Å². The number of allylic oxidation sites excluding steroid dienone is 2. The van der Waals surface area contributed by atoms with Gasteiger partial charge in [0.2, 0.25) is 0 Å². The first-order valence-electron chi connectivity index (χ1n) is 10.8. The van der Waals surface area contributed by atoms with Crippen LogP contribution in [0.25, 0.3) is 0 Å². The largest absolute Gasteiger partial charge is 0.0882 e. The molecule has 0 aliphatic heterocycles. The summed E-state index contributed by atoms with van der Waals surface area (Å²) in [5.74, 6) is 7.31. The Labute approximate surface area is 144 Å². The molecule has 3 saturated carbocycles. The lowest BCUT2D eigenvalue weighted by Crippen LogP contribution is -2.48. The van der Waals surface area contributed by atoms with E-state index >= 15 is 0 Å². The maximum Gasteiger partial charge on any atom is -0.0264 e. The van der Waals surface area contributed by atoms with Crippen molar-refractivity contribution in [1.82, 2.24) is 0 Å². The van der Waals surface area contributed by atoms with Crippen LogP contribution in [-0.2, 0) is 0 Å². The van der Waals surface area contributed by atoms with E-state index in [1.807, 2.05) is 0 Å². The molecule has 0 radical (unpaired) electrons. The lowest BCUT2D eigenvalue weighted by atomic mass is 9.49. The SMILES string of the molecule is CCC[C@@H](C)[C@H]1CC[C@H]2[C@@H]3CCC4CC=CC[C@@H]4[C@H]3CC[C@]12C. The summed E-state index contributed by atoms with van der Waals surface area (Å²) >= 11 is 0. The highest BCUT2D eigenvalue weighted by Gasteiger charge is 2.56. The van der Waals surface area contributed by atoms with Gasteiger partial charge < -0.3 is 0 Å². The standard InChI is InChI=1S/C23H38/c1-4-7-16(2)21-12-13-22-20-11-10-17-8-5-6-9-18(17)19(20)14-15-23(21,22)3/h5-6,16-22H,4,7-15H2,1-3H3/t16-,17?,18+,19-,20-,21-,22+,23-/m1/s1. The fourth-order valence-electron chi connectivity index (χ4n) is 8.05. The monoisotopic (exact) mass is 314 g/mol. The molecule has 0 bridgehead atoms. The Balaban J connectivity index is 1.54. The Morgan fingerprint density at radius 1 is 0.957 bits per heavy atom. The van der Waals surface area contributed by atoms with Crippen molar-refractivity contribution in [2.24, 2.45) is 46.8 Å². The molecule has 4 aliphatic carbocycles. The van der Waals surface area contributed by atoms with Crippen LogP contribution >= 0.6 is 0 Å². The highest BCUT2D eigenvalue weighted by molar-refractivity contribution is 5.08. The first-order chi connectivity index (χ1) is 11.1. The number of rotatable bonds is 3. The Morgan fingerprint density at radius 3 is 2.61 bits per heavy atom. The lowest BCUT2D eigenvalue weighted by molar-refractivity contribution is -0.0597. The quantitative estimate of drug-likeness (QED) is 0.499. The molecule has 0 spiro atoms. The van der Waals surface area contributed by atoms with Crippen LogP contribution in [0.5, 0.6) is 0 Å². The van der Waals surface area contributed by atoms with Crippen LogP contribution in [0.1, 0.15) is 85.0 Å². The van der Waals surface area contributed by atoms with Gasteiger partial charge in [-0.1, -0.05) is 45.8 Å². The molecule has 130 valence electrons. The van der Waals surface area contributed by atoms with E-state index in [0.29, 0.717) is 5.41 Å². The fraction of sp³-hybridized carbons (Fsp3) is 0.913. The zero-order valence-corrected chi connectivity index (χ0v) is 15.8. The van der Waals surface area contributed by atoms with Gasteiger partial charge in [0.1, 0.15) is 0 Å². The van der Waals surface area contributed by atoms with Gasteiger partial charge in [-0.05, 0) is 98.2 Å². The minimum Gasteiger partial charge on any atom is -0.0882 e. The molecule has 0 aromatic rings. The number of fused-ring (bicyclic) bond motifs is 5. The van der Waals surface area contributed by atoms with E-state index in [1.165, 1.54) is 32.1 Å². The average Bonchev–Trinajstić information content (AvgIpc) is 2.92. The van der Waals surface area contributed by atoms with Crippen molar-refractivity contribution in [3.63, 3.8) is 0 Å². The predicted octanol–water partition coefficient (Wildman–Crippen LogP) is 6.86. The van der Waals surface area contributed by atoms with E-state index in [4.69, 9.17) is 0 Å². The van der Waals surface area contributed by atoms with Gasteiger partial charge in [0.25, 0.3) is 0 Å². The van der Waals surface area contributed by atoms with Crippen LogP contribution in [0.3, 0.4) is 0 Å². The molecule has 23 heavy (non-hydrogen) atoms. The average molecular weight is 315 g/mol. The van der Waals surface area contributed by atoms with Crippen LogP contribution in [0.15, 0.2) is 12.2 Å². The first kappa shape index (κ1) is 16.2. The van der Waals surface area contributed by atoms with Crippen molar-refractivity contribution >= 4 is 0 Å². The molecule has 0 aromatic heterocycles. The van der Waals surface area contributed by atoms with Crippen LogP contribution in [0.4, 0.5) is 0 Å². The Hall–Kier alpha value is -0.260. The van der Waals surface area contributed by atoms with E-state index < -0.39 is 0 Å². The first-order valence-corrected chi connectivity index (χ1v) is 10.8. The van der Waals surface area contributed by atoms with Crippen molar-refractivity contribution in [1.29, 1.82) is 0 Å². The van der Waals surface area contributed by atoms with E-state index in [0.717, 1.165) is 41.4 Å². The second-order valence-corrected chi connectivity index (χ2v) is 9.87. The van der Waals surface area contributed by atoms with Gasteiger partial charge in [0.15, 0.2) is 0 Å². The van der Waals surface area contributed by atoms with Crippen molar-refractivity contribution in [3.05, 3.63) is 12.2 Å². The third-order valence-electron chi connectivity index (χ3n) is 9.04. The van der Waals surface area contributed by atoms with Crippen LogP contribution < -0.4 is 0 Å². The molecule has 0 aromatic carbocycles.